The number of aliphatic hydroxyl groups is 1. The Morgan fingerprint density at radius 1 is 1.33 bits per heavy atom. The molecule has 0 bridgehead atoms. The maximum atomic E-state index is 9.47. The number of thiazole rings is 1. The number of hydrogen-bond donors (Lipinski definition) is 2. The van der Waals surface area contributed by atoms with Gasteiger partial charge in [0.1, 0.15) is 5.01 Å². The maximum Gasteiger partial charge on any atom is 0.108 e. The van der Waals surface area contributed by atoms with Crippen LogP contribution in [-0.2, 0) is 6.54 Å². The van der Waals surface area contributed by atoms with Gasteiger partial charge in [-0.05, 0) is 43.9 Å². The van der Waals surface area contributed by atoms with Gasteiger partial charge >= 0.3 is 0 Å². The highest BCUT2D eigenvalue weighted by Crippen LogP contribution is 2.25. The van der Waals surface area contributed by atoms with Crippen molar-refractivity contribution in [2.75, 3.05) is 6.54 Å². The van der Waals surface area contributed by atoms with Gasteiger partial charge < -0.3 is 10.4 Å². The normalized spacial score (nSPS) is 23.8. The molecule has 2 N–H and O–H groups in total. The molecule has 0 aliphatic heterocycles. The quantitative estimate of drug-likeness (QED) is 0.890. The van der Waals surface area contributed by atoms with Crippen LogP contribution in [0, 0.1) is 5.92 Å². The minimum absolute atomic E-state index is 0.0701. The number of benzene rings is 1. The second kappa shape index (κ2) is 5.34. The van der Waals surface area contributed by atoms with Gasteiger partial charge in [0, 0.05) is 6.54 Å². The first kappa shape index (κ1) is 12.1. The van der Waals surface area contributed by atoms with Crippen molar-refractivity contribution >= 4 is 21.6 Å². The van der Waals surface area contributed by atoms with Crippen molar-refractivity contribution in [1.29, 1.82) is 0 Å². The lowest BCUT2D eigenvalue weighted by Gasteiger charge is -2.09. The summed E-state index contributed by atoms with van der Waals surface area (Å²) < 4.78 is 1.26. The van der Waals surface area contributed by atoms with E-state index in [-0.39, 0.29) is 6.10 Å². The van der Waals surface area contributed by atoms with E-state index < -0.39 is 0 Å². The van der Waals surface area contributed by atoms with Crippen molar-refractivity contribution in [2.45, 2.75) is 31.9 Å². The van der Waals surface area contributed by atoms with Crippen molar-refractivity contribution in [3.05, 3.63) is 29.3 Å². The molecule has 1 aromatic carbocycles. The molecule has 0 saturated heterocycles. The SMILES string of the molecule is OC1CCC(CNCc2nc3ccccc3s2)C1. The topological polar surface area (TPSA) is 45.1 Å². The Hall–Kier alpha value is -0.970. The minimum atomic E-state index is -0.0701. The molecule has 2 atom stereocenters. The van der Waals surface area contributed by atoms with Gasteiger partial charge in [-0.25, -0.2) is 4.98 Å². The second-order valence-electron chi connectivity index (χ2n) is 5.04. The van der Waals surface area contributed by atoms with E-state index in [1.165, 1.54) is 4.70 Å². The van der Waals surface area contributed by atoms with Crippen LogP contribution in [0.3, 0.4) is 0 Å². The average Bonchev–Trinajstić information content (AvgIpc) is 2.95. The van der Waals surface area contributed by atoms with Crippen molar-refractivity contribution in [1.82, 2.24) is 10.3 Å². The molecule has 4 heteroatoms. The van der Waals surface area contributed by atoms with Crippen LogP contribution in [0.4, 0.5) is 0 Å². The summed E-state index contributed by atoms with van der Waals surface area (Å²) >= 11 is 1.76. The van der Waals surface area contributed by atoms with Crippen molar-refractivity contribution in [2.24, 2.45) is 5.92 Å². The summed E-state index contributed by atoms with van der Waals surface area (Å²) in [5.41, 5.74) is 1.09. The van der Waals surface area contributed by atoms with Crippen LogP contribution < -0.4 is 5.32 Å². The summed E-state index contributed by atoms with van der Waals surface area (Å²) in [5.74, 6) is 0.634. The van der Waals surface area contributed by atoms with Crippen LogP contribution in [0.25, 0.3) is 10.2 Å². The van der Waals surface area contributed by atoms with Gasteiger partial charge in [-0.15, -0.1) is 11.3 Å². The van der Waals surface area contributed by atoms with Gasteiger partial charge in [0.15, 0.2) is 0 Å². The van der Waals surface area contributed by atoms with Gasteiger partial charge in [-0.2, -0.15) is 0 Å². The molecule has 1 heterocycles. The molecule has 2 unspecified atom stereocenters. The molecule has 0 radical (unpaired) electrons. The molecule has 1 fully saturated rings. The van der Waals surface area contributed by atoms with Crippen LogP contribution >= 0.6 is 11.3 Å². The lowest BCUT2D eigenvalue weighted by atomic mass is 10.1. The van der Waals surface area contributed by atoms with Crippen molar-refractivity contribution in [3.8, 4) is 0 Å². The fourth-order valence-electron chi connectivity index (χ4n) is 2.61. The molecule has 1 aliphatic carbocycles. The predicted octanol–water partition coefficient (Wildman–Crippen LogP) is 2.55. The summed E-state index contributed by atoms with van der Waals surface area (Å²) in [5, 5.41) is 14.1. The number of rotatable bonds is 4. The van der Waals surface area contributed by atoms with Gasteiger partial charge in [-0.3, -0.25) is 0 Å². The zero-order chi connectivity index (χ0) is 12.4. The predicted molar refractivity (Wildman–Crippen MR) is 74.7 cm³/mol. The summed E-state index contributed by atoms with van der Waals surface area (Å²) in [6, 6.07) is 8.25. The van der Waals surface area contributed by atoms with Crippen LogP contribution in [0.1, 0.15) is 24.3 Å². The van der Waals surface area contributed by atoms with E-state index in [0.29, 0.717) is 5.92 Å². The Kier molecular flexibility index (Phi) is 3.59. The molecule has 1 aliphatic rings. The highest BCUT2D eigenvalue weighted by atomic mass is 32.1. The Bertz CT molecular complexity index is 492. The van der Waals surface area contributed by atoms with Gasteiger partial charge in [0.2, 0.25) is 0 Å². The Morgan fingerprint density at radius 3 is 3.00 bits per heavy atom. The van der Waals surface area contributed by atoms with Gasteiger partial charge in [-0.1, -0.05) is 12.1 Å². The number of hydrogen-bond acceptors (Lipinski definition) is 4. The fraction of sp³-hybridized carbons (Fsp3) is 0.500. The van der Waals surface area contributed by atoms with E-state index in [4.69, 9.17) is 0 Å². The van der Waals surface area contributed by atoms with E-state index in [1.807, 2.05) is 6.07 Å². The number of nitrogens with zero attached hydrogens (tertiary/aromatic N) is 1. The molecule has 1 saturated carbocycles. The third kappa shape index (κ3) is 2.71. The molecule has 0 amide bonds. The summed E-state index contributed by atoms with van der Waals surface area (Å²) in [6.07, 6.45) is 2.99. The summed E-state index contributed by atoms with van der Waals surface area (Å²) in [6.45, 7) is 1.83. The number of aromatic nitrogens is 1. The molecule has 0 spiro atoms. The lowest BCUT2D eigenvalue weighted by Crippen LogP contribution is -2.21. The number of para-hydroxylation sites is 1. The highest BCUT2D eigenvalue weighted by molar-refractivity contribution is 7.18. The molecule has 3 nitrogen and oxygen atoms in total. The number of fused-ring (bicyclic) bond motifs is 1. The second-order valence-corrected chi connectivity index (χ2v) is 6.15. The molecular weight excluding hydrogens is 244 g/mol. The Labute approximate surface area is 111 Å². The monoisotopic (exact) mass is 262 g/mol. The smallest absolute Gasteiger partial charge is 0.108 e. The van der Waals surface area contributed by atoms with Crippen LogP contribution in [0.15, 0.2) is 24.3 Å². The zero-order valence-electron chi connectivity index (χ0n) is 10.3. The maximum absolute atomic E-state index is 9.47. The number of nitrogens with one attached hydrogen (secondary N) is 1. The van der Waals surface area contributed by atoms with Crippen molar-refractivity contribution in [3.63, 3.8) is 0 Å². The first-order valence-corrected chi connectivity index (χ1v) is 7.36. The standard InChI is InChI=1S/C14H18N2OS/c17-11-6-5-10(7-11)8-15-9-14-16-12-3-1-2-4-13(12)18-14/h1-4,10-11,15,17H,5-9H2. The summed E-state index contributed by atoms with van der Waals surface area (Å²) in [4.78, 5) is 4.60. The molecule has 2 aromatic rings. The first-order valence-electron chi connectivity index (χ1n) is 6.54. The molecular formula is C14H18N2OS. The van der Waals surface area contributed by atoms with E-state index in [1.54, 1.807) is 11.3 Å². The van der Waals surface area contributed by atoms with Crippen LogP contribution in [-0.4, -0.2) is 22.7 Å². The van der Waals surface area contributed by atoms with E-state index in [9.17, 15) is 5.11 Å². The lowest BCUT2D eigenvalue weighted by molar-refractivity contribution is 0.177. The minimum Gasteiger partial charge on any atom is -0.393 e. The number of aliphatic hydroxyl groups excluding tert-OH is 1. The zero-order valence-corrected chi connectivity index (χ0v) is 11.1. The Morgan fingerprint density at radius 2 is 2.22 bits per heavy atom. The third-order valence-corrected chi connectivity index (χ3v) is 4.60. The first-order chi connectivity index (χ1) is 8.81. The van der Waals surface area contributed by atoms with E-state index in [0.717, 1.165) is 42.9 Å². The van der Waals surface area contributed by atoms with Crippen molar-refractivity contribution < 1.29 is 5.11 Å². The fourth-order valence-corrected chi connectivity index (χ4v) is 3.55. The summed E-state index contributed by atoms with van der Waals surface area (Å²) in [7, 11) is 0. The van der Waals surface area contributed by atoms with Crippen LogP contribution in [0.5, 0.6) is 0 Å². The third-order valence-electron chi connectivity index (χ3n) is 3.56. The largest absolute Gasteiger partial charge is 0.393 e. The van der Waals surface area contributed by atoms with Crippen LogP contribution in [0.2, 0.25) is 0 Å². The highest BCUT2D eigenvalue weighted by Gasteiger charge is 2.22. The van der Waals surface area contributed by atoms with Gasteiger partial charge in [0.05, 0.1) is 16.3 Å². The average molecular weight is 262 g/mol. The van der Waals surface area contributed by atoms with E-state index >= 15 is 0 Å². The molecule has 96 valence electrons. The molecule has 1 aromatic heterocycles. The van der Waals surface area contributed by atoms with Gasteiger partial charge in [0.25, 0.3) is 0 Å². The molecule has 3 rings (SSSR count). The van der Waals surface area contributed by atoms with E-state index in [2.05, 4.69) is 28.5 Å². The molecule has 18 heavy (non-hydrogen) atoms. The Balaban J connectivity index is 1.53.